The third-order valence-corrected chi connectivity index (χ3v) is 8.17. The minimum Gasteiger partial charge on any atom is -0.508 e. The van der Waals surface area contributed by atoms with E-state index in [-0.39, 0.29) is 6.16 Å². The van der Waals surface area contributed by atoms with E-state index in [0.717, 1.165) is 25.7 Å². The predicted octanol–water partition coefficient (Wildman–Crippen LogP) is 5.95. The third kappa shape index (κ3) is 5.95. The summed E-state index contributed by atoms with van der Waals surface area (Å²) in [6.45, 7) is 1.90. The van der Waals surface area contributed by atoms with Crippen LogP contribution in [-0.4, -0.2) is 34.5 Å². The number of hydrogen-bond donors (Lipinski definition) is 3. The molecule has 2 aliphatic carbocycles. The molecule has 2 aromatic carbocycles. The molecule has 0 heterocycles. The Morgan fingerprint density at radius 3 is 2.38 bits per heavy atom. The van der Waals surface area contributed by atoms with Gasteiger partial charge in [0, 0.05) is 6.66 Å². The molecule has 2 atom stereocenters. The minimum absolute atomic E-state index is 0.154. The number of aromatic hydroxyl groups is 1. The lowest BCUT2D eigenvalue weighted by molar-refractivity contribution is 0.191. The Balaban J connectivity index is 1.31. The Hall–Kier alpha value is -1.81. The highest BCUT2D eigenvalue weighted by Crippen LogP contribution is 2.45. The SMILES string of the molecule is CP(=O)(O)C[C@@H](O)c1cccc(OCC2CCC(c3cc(O)ccc3C3CCC3)CC2)c1. The number of aliphatic hydroxyl groups excluding tert-OH is 1. The average Bonchev–Trinajstić information content (AvgIpc) is 2.72. The number of hydrogen-bond acceptors (Lipinski definition) is 4. The zero-order valence-corrected chi connectivity index (χ0v) is 19.7. The standard InChI is InChI=1S/C26H35O5P/c1-32(29,30)17-26(28)21-6-3-7-23(14-21)31-16-18-8-10-20(11-9-18)25-15-22(27)12-13-24(25)19-4-2-5-19/h3,6-7,12-15,18-20,26-28H,2,4-5,8-11,16-17H2,1H3,(H,29,30)/t18?,20?,26-/m1/s1. The first-order chi connectivity index (χ1) is 15.3. The summed E-state index contributed by atoms with van der Waals surface area (Å²) >= 11 is 0. The number of phenolic OH excluding ortho intramolecular Hbond substituents is 1. The van der Waals surface area contributed by atoms with Gasteiger partial charge < -0.3 is 19.8 Å². The highest BCUT2D eigenvalue weighted by Gasteiger charge is 2.29. The van der Waals surface area contributed by atoms with Gasteiger partial charge >= 0.3 is 0 Å². The van der Waals surface area contributed by atoms with Crippen LogP contribution in [0.1, 0.15) is 79.6 Å². The molecule has 1 unspecified atom stereocenters. The molecule has 0 aliphatic heterocycles. The van der Waals surface area contributed by atoms with Crippen LogP contribution in [-0.2, 0) is 4.57 Å². The number of aliphatic hydroxyl groups is 1. The molecular formula is C26H35O5P. The first-order valence-corrected chi connectivity index (χ1v) is 14.1. The van der Waals surface area contributed by atoms with Gasteiger partial charge in [0.2, 0.25) is 7.37 Å². The predicted molar refractivity (Wildman–Crippen MR) is 127 cm³/mol. The Kier molecular flexibility index (Phi) is 7.29. The quantitative estimate of drug-likeness (QED) is 0.426. The molecule has 174 valence electrons. The van der Waals surface area contributed by atoms with Crippen molar-refractivity contribution in [1.82, 2.24) is 0 Å². The van der Waals surface area contributed by atoms with Crippen molar-refractivity contribution < 1.29 is 24.4 Å². The van der Waals surface area contributed by atoms with Crippen molar-refractivity contribution in [1.29, 1.82) is 0 Å². The van der Waals surface area contributed by atoms with Gasteiger partial charge in [0.15, 0.2) is 0 Å². The summed E-state index contributed by atoms with van der Waals surface area (Å²) in [5, 5.41) is 20.3. The second kappa shape index (κ2) is 9.99. The molecule has 6 heteroatoms. The van der Waals surface area contributed by atoms with E-state index in [0.29, 0.717) is 41.4 Å². The molecule has 0 radical (unpaired) electrons. The minimum atomic E-state index is -3.29. The molecule has 0 bridgehead atoms. The summed E-state index contributed by atoms with van der Waals surface area (Å²) in [6.07, 6.45) is 7.12. The van der Waals surface area contributed by atoms with Crippen molar-refractivity contribution in [3.8, 4) is 11.5 Å². The summed E-state index contributed by atoms with van der Waals surface area (Å²) in [5.74, 6) is 2.72. The van der Waals surface area contributed by atoms with Crippen LogP contribution in [0.15, 0.2) is 42.5 Å². The summed E-state index contributed by atoms with van der Waals surface area (Å²) in [4.78, 5) is 9.53. The van der Waals surface area contributed by atoms with Crippen LogP contribution in [0.2, 0.25) is 0 Å². The van der Waals surface area contributed by atoms with E-state index < -0.39 is 13.5 Å². The molecule has 5 nitrogen and oxygen atoms in total. The normalized spacial score (nSPS) is 24.3. The molecule has 0 spiro atoms. The lowest BCUT2D eigenvalue weighted by Gasteiger charge is -2.34. The Bertz CT molecular complexity index is 956. The molecule has 2 fully saturated rings. The lowest BCUT2D eigenvalue weighted by Crippen LogP contribution is -2.21. The number of phenols is 1. The molecule has 2 aromatic rings. The topological polar surface area (TPSA) is 87.0 Å². The summed E-state index contributed by atoms with van der Waals surface area (Å²) < 4.78 is 17.6. The molecule has 4 rings (SSSR count). The van der Waals surface area contributed by atoms with Crippen LogP contribution in [0.25, 0.3) is 0 Å². The van der Waals surface area contributed by atoms with Crippen LogP contribution < -0.4 is 4.74 Å². The summed E-state index contributed by atoms with van der Waals surface area (Å²) in [6, 6.07) is 13.2. The fourth-order valence-corrected chi connectivity index (χ4v) is 5.95. The lowest BCUT2D eigenvalue weighted by atomic mass is 9.72. The third-order valence-electron chi connectivity index (χ3n) is 7.14. The van der Waals surface area contributed by atoms with Gasteiger partial charge in [-0.15, -0.1) is 0 Å². The second-order valence-corrected chi connectivity index (χ2v) is 12.3. The van der Waals surface area contributed by atoms with E-state index >= 15 is 0 Å². The molecule has 3 N–H and O–H groups in total. The summed E-state index contributed by atoms with van der Waals surface area (Å²) in [5.41, 5.74) is 3.41. The molecule has 0 aromatic heterocycles. The van der Waals surface area contributed by atoms with Crippen LogP contribution in [0.5, 0.6) is 11.5 Å². The highest BCUT2D eigenvalue weighted by molar-refractivity contribution is 7.57. The molecule has 2 aliphatic rings. The van der Waals surface area contributed by atoms with Crippen LogP contribution in [0, 0.1) is 5.92 Å². The number of benzene rings is 2. The fourth-order valence-electron chi connectivity index (χ4n) is 5.10. The Morgan fingerprint density at radius 1 is 1.00 bits per heavy atom. The molecular weight excluding hydrogens is 423 g/mol. The number of ether oxygens (including phenoxy) is 1. The Labute approximate surface area is 190 Å². The van der Waals surface area contributed by atoms with Crippen molar-refractivity contribution >= 4 is 7.37 Å². The van der Waals surface area contributed by atoms with E-state index in [2.05, 4.69) is 6.07 Å². The maximum absolute atomic E-state index is 11.6. The molecule has 2 saturated carbocycles. The molecule has 0 saturated heterocycles. The molecule has 32 heavy (non-hydrogen) atoms. The van der Waals surface area contributed by atoms with Crippen LogP contribution in [0.4, 0.5) is 0 Å². The zero-order chi connectivity index (χ0) is 22.7. The van der Waals surface area contributed by atoms with Crippen LogP contribution in [0.3, 0.4) is 0 Å². The maximum atomic E-state index is 11.6. The largest absolute Gasteiger partial charge is 0.508 e. The zero-order valence-electron chi connectivity index (χ0n) is 18.8. The van der Waals surface area contributed by atoms with Gasteiger partial charge in [0.1, 0.15) is 11.5 Å². The average molecular weight is 459 g/mol. The van der Waals surface area contributed by atoms with Gasteiger partial charge in [-0.1, -0.05) is 24.6 Å². The summed E-state index contributed by atoms with van der Waals surface area (Å²) in [7, 11) is -3.29. The first-order valence-electron chi connectivity index (χ1n) is 11.8. The van der Waals surface area contributed by atoms with Gasteiger partial charge in [-0.3, -0.25) is 4.57 Å². The first kappa shape index (κ1) is 23.4. The van der Waals surface area contributed by atoms with Crippen molar-refractivity contribution in [2.45, 2.75) is 62.9 Å². The van der Waals surface area contributed by atoms with Crippen molar-refractivity contribution in [2.75, 3.05) is 19.4 Å². The maximum Gasteiger partial charge on any atom is 0.200 e. The Morgan fingerprint density at radius 2 is 1.72 bits per heavy atom. The van der Waals surface area contributed by atoms with Gasteiger partial charge in [-0.2, -0.15) is 0 Å². The van der Waals surface area contributed by atoms with Crippen molar-refractivity contribution in [3.63, 3.8) is 0 Å². The highest BCUT2D eigenvalue weighted by atomic mass is 31.2. The van der Waals surface area contributed by atoms with Crippen LogP contribution >= 0.6 is 7.37 Å². The van der Waals surface area contributed by atoms with E-state index in [1.54, 1.807) is 12.1 Å². The fraction of sp³-hybridized carbons (Fsp3) is 0.538. The smallest absolute Gasteiger partial charge is 0.200 e. The number of rotatable bonds is 8. The second-order valence-electron chi connectivity index (χ2n) is 9.79. The monoisotopic (exact) mass is 458 g/mol. The van der Waals surface area contributed by atoms with Crippen molar-refractivity contribution in [2.24, 2.45) is 5.92 Å². The van der Waals surface area contributed by atoms with Crippen molar-refractivity contribution in [3.05, 3.63) is 59.2 Å². The van der Waals surface area contributed by atoms with E-state index in [1.807, 2.05) is 24.3 Å². The van der Waals surface area contributed by atoms with Gasteiger partial charge in [-0.05, 0) is 97.2 Å². The van der Waals surface area contributed by atoms with E-state index in [1.165, 1.54) is 37.1 Å². The van der Waals surface area contributed by atoms with Gasteiger partial charge in [0.05, 0.1) is 18.9 Å². The van der Waals surface area contributed by atoms with Gasteiger partial charge in [0.25, 0.3) is 0 Å². The van der Waals surface area contributed by atoms with E-state index in [4.69, 9.17) is 4.74 Å². The molecule has 0 amide bonds. The van der Waals surface area contributed by atoms with E-state index in [9.17, 15) is 19.7 Å². The van der Waals surface area contributed by atoms with Gasteiger partial charge in [-0.25, -0.2) is 0 Å².